The van der Waals surface area contributed by atoms with Crippen LogP contribution in [0.1, 0.15) is 29.5 Å². The van der Waals surface area contributed by atoms with Gasteiger partial charge >= 0.3 is 0 Å². The summed E-state index contributed by atoms with van der Waals surface area (Å²) in [4.78, 5) is 1.69. The van der Waals surface area contributed by atoms with Gasteiger partial charge in [0.25, 0.3) is 0 Å². The Labute approximate surface area is 212 Å². The molecule has 1 saturated carbocycles. The van der Waals surface area contributed by atoms with Gasteiger partial charge in [0, 0.05) is 22.5 Å². The fourth-order valence-electron chi connectivity index (χ4n) is 4.95. The molecular weight excluding hydrogens is 485 g/mol. The lowest BCUT2D eigenvalue weighted by molar-refractivity contribution is 0.355. The van der Waals surface area contributed by atoms with E-state index in [-0.39, 0.29) is 33.1 Å². The third kappa shape index (κ3) is 3.86. The first-order valence-electron chi connectivity index (χ1n) is 11.5. The Balaban J connectivity index is 1.38. The smallest absolute Gasteiger partial charge is 0.183 e. The van der Waals surface area contributed by atoms with Gasteiger partial charge in [-0.25, -0.2) is 13.2 Å². The number of aliphatic hydroxyl groups excluding tert-OH is 1. The molecule has 0 radical (unpaired) electrons. The lowest BCUT2D eigenvalue weighted by atomic mass is 9.96. The van der Waals surface area contributed by atoms with E-state index >= 15 is 0 Å². The van der Waals surface area contributed by atoms with Crippen LogP contribution in [0.3, 0.4) is 0 Å². The van der Waals surface area contributed by atoms with Crippen molar-refractivity contribution in [2.24, 2.45) is 0 Å². The van der Waals surface area contributed by atoms with Crippen LogP contribution in [0.15, 0.2) is 85.8 Å². The average molecular weight is 509 g/mol. The topological polar surface area (TPSA) is 35.5 Å². The van der Waals surface area contributed by atoms with Crippen LogP contribution in [0.5, 0.6) is 0 Å². The highest BCUT2D eigenvalue weighted by molar-refractivity contribution is 6.32. The van der Waals surface area contributed by atoms with E-state index in [0.717, 1.165) is 29.7 Å². The monoisotopic (exact) mass is 508 g/mol. The number of allylic oxidation sites excluding steroid dienone is 1. The third-order valence-electron chi connectivity index (χ3n) is 7.03. The largest absolute Gasteiger partial charge is 0.511 e. The van der Waals surface area contributed by atoms with Crippen LogP contribution in [0, 0.1) is 17.5 Å². The number of hydrogen-bond acceptors (Lipinski definition) is 3. The number of hydrogen-bond donors (Lipinski definition) is 2. The number of aliphatic hydroxyl groups is 1. The molecule has 1 unspecified atom stereocenters. The summed E-state index contributed by atoms with van der Waals surface area (Å²) in [6, 6.07) is 13.7. The molecule has 1 fully saturated rings. The van der Waals surface area contributed by atoms with Crippen LogP contribution in [-0.4, -0.2) is 11.1 Å². The van der Waals surface area contributed by atoms with Crippen molar-refractivity contribution in [3.63, 3.8) is 0 Å². The molecule has 36 heavy (non-hydrogen) atoms. The molecule has 3 nitrogen and oxygen atoms in total. The summed E-state index contributed by atoms with van der Waals surface area (Å²) >= 11 is 6.13. The normalized spacial score (nSPS) is 16.1. The van der Waals surface area contributed by atoms with Gasteiger partial charge in [-0.15, -0.1) is 0 Å². The molecule has 1 aliphatic heterocycles. The van der Waals surface area contributed by atoms with E-state index in [1.54, 1.807) is 29.2 Å². The van der Waals surface area contributed by atoms with Crippen molar-refractivity contribution in [3.05, 3.63) is 125 Å². The summed E-state index contributed by atoms with van der Waals surface area (Å²) in [7, 11) is 0. The minimum atomic E-state index is -0.897. The second kappa shape index (κ2) is 8.79. The fourth-order valence-corrected chi connectivity index (χ4v) is 5.23. The predicted octanol–water partition coefficient (Wildman–Crippen LogP) is 7.70. The second-order valence-corrected chi connectivity index (χ2v) is 9.66. The summed E-state index contributed by atoms with van der Waals surface area (Å²) in [6.07, 6.45) is 2.01. The SMILES string of the molecule is C=C(NC(Cc1ccc(N2C(=C)C3(CC3)c3ccc(F)c(F)c32)cc1)C(=C)O)c1c(F)cccc1Cl. The third-order valence-corrected chi connectivity index (χ3v) is 7.35. The molecule has 1 atom stereocenters. The Morgan fingerprint density at radius 1 is 1.03 bits per heavy atom. The first-order chi connectivity index (χ1) is 17.1. The first-order valence-corrected chi connectivity index (χ1v) is 11.9. The van der Waals surface area contributed by atoms with Gasteiger partial charge < -0.3 is 15.3 Å². The fraction of sp³-hybridized carbons (Fsp3) is 0.172. The maximum absolute atomic E-state index is 14.9. The molecule has 1 spiro atoms. The molecule has 2 aliphatic rings. The molecule has 0 amide bonds. The predicted molar refractivity (Wildman–Crippen MR) is 138 cm³/mol. The van der Waals surface area contributed by atoms with Crippen molar-refractivity contribution < 1.29 is 18.3 Å². The van der Waals surface area contributed by atoms with Crippen LogP contribution in [0.25, 0.3) is 5.70 Å². The molecule has 2 N–H and O–H groups in total. The van der Waals surface area contributed by atoms with E-state index in [2.05, 4.69) is 25.1 Å². The summed E-state index contributed by atoms with van der Waals surface area (Å²) < 4.78 is 43.3. The van der Waals surface area contributed by atoms with Crippen molar-refractivity contribution in [2.75, 3.05) is 4.90 Å². The molecule has 1 aliphatic carbocycles. The molecule has 3 aromatic rings. The zero-order valence-corrected chi connectivity index (χ0v) is 20.2. The van der Waals surface area contributed by atoms with Gasteiger partial charge in [-0.1, -0.05) is 55.6 Å². The van der Waals surface area contributed by atoms with Gasteiger partial charge in [0.2, 0.25) is 0 Å². The van der Waals surface area contributed by atoms with E-state index < -0.39 is 23.5 Å². The molecule has 0 saturated heterocycles. The maximum atomic E-state index is 14.9. The van der Waals surface area contributed by atoms with Crippen molar-refractivity contribution >= 4 is 28.7 Å². The van der Waals surface area contributed by atoms with Gasteiger partial charge in [0.05, 0.1) is 22.3 Å². The molecule has 5 rings (SSSR count). The van der Waals surface area contributed by atoms with E-state index in [0.29, 0.717) is 12.1 Å². The molecule has 0 bridgehead atoms. The van der Waals surface area contributed by atoms with Crippen LogP contribution < -0.4 is 10.2 Å². The van der Waals surface area contributed by atoms with Gasteiger partial charge in [-0.05, 0) is 60.7 Å². The van der Waals surface area contributed by atoms with Crippen LogP contribution >= 0.6 is 11.6 Å². The molecular formula is C29H24ClF3N2O. The van der Waals surface area contributed by atoms with E-state index in [1.165, 1.54) is 18.2 Å². The highest BCUT2D eigenvalue weighted by Gasteiger charge is 2.56. The Hall–Kier alpha value is -3.64. The van der Waals surface area contributed by atoms with Gasteiger partial charge in [0.15, 0.2) is 11.6 Å². The summed E-state index contributed by atoms with van der Waals surface area (Å²) in [5.41, 5.74) is 3.20. The number of nitrogens with zero attached hydrogens (tertiary/aromatic N) is 1. The lowest BCUT2D eigenvalue weighted by Crippen LogP contribution is -2.31. The summed E-state index contributed by atoms with van der Waals surface area (Å²) in [5.74, 6) is -2.46. The summed E-state index contributed by atoms with van der Waals surface area (Å²) in [6.45, 7) is 11.7. The van der Waals surface area contributed by atoms with Gasteiger partial charge in [-0.3, -0.25) is 0 Å². The molecule has 0 aromatic heterocycles. The number of halogens is 4. The number of nitrogens with one attached hydrogen (secondary N) is 1. The first kappa shape index (κ1) is 24.1. The molecule has 1 heterocycles. The van der Waals surface area contributed by atoms with Crippen LogP contribution in [0.4, 0.5) is 24.5 Å². The van der Waals surface area contributed by atoms with Crippen LogP contribution in [0.2, 0.25) is 5.02 Å². The average Bonchev–Trinajstić information content (AvgIpc) is 3.59. The van der Waals surface area contributed by atoms with Gasteiger partial charge in [-0.2, -0.15) is 0 Å². The van der Waals surface area contributed by atoms with Crippen molar-refractivity contribution in [1.82, 2.24) is 5.32 Å². The highest BCUT2D eigenvalue weighted by atomic mass is 35.5. The Kier molecular flexibility index (Phi) is 5.87. The second-order valence-electron chi connectivity index (χ2n) is 9.26. The quantitative estimate of drug-likeness (QED) is 0.321. The van der Waals surface area contributed by atoms with Gasteiger partial charge in [0.1, 0.15) is 11.6 Å². The highest BCUT2D eigenvalue weighted by Crippen LogP contribution is 2.64. The maximum Gasteiger partial charge on any atom is 0.183 e. The number of fused-ring (bicyclic) bond motifs is 2. The minimum absolute atomic E-state index is 0.121. The lowest BCUT2D eigenvalue weighted by Gasteiger charge is -2.24. The minimum Gasteiger partial charge on any atom is -0.511 e. The van der Waals surface area contributed by atoms with E-state index in [1.807, 2.05) is 12.1 Å². The Morgan fingerprint density at radius 3 is 2.33 bits per heavy atom. The number of anilines is 2. The molecule has 184 valence electrons. The molecule has 7 heteroatoms. The number of benzene rings is 3. The number of rotatable bonds is 7. The van der Waals surface area contributed by atoms with E-state index in [4.69, 9.17) is 11.6 Å². The zero-order chi connectivity index (χ0) is 25.8. The zero-order valence-electron chi connectivity index (χ0n) is 19.4. The van der Waals surface area contributed by atoms with Crippen molar-refractivity contribution in [3.8, 4) is 0 Å². The summed E-state index contributed by atoms with van der Waals surface area (Å²) in [5, 5.41) is 13.4. The standard InChI is InChI=1S/C29H24ClF3N2O/c1-16(26-22(30)5-4-6-23(26)31)34-25(17(2)36)15-19-7-9-20(10-8-19)35-18(3)29(13-14-29)21-11-12-24(32)27(33)28(21)35/h4-12,25,34,36H,1-3,13-15H2. The molecule has 3 aromatic carbocycles. The van der Waals surface area contributed by atoms with E-state index in [9.17, 15) is 18.3 Å². The Bertz CT molecular complexity index is 1390. The van der Waals surface area contributed by atoms with Crippen molar-refractivity contribution in [2.45, 2.75) is 30.7 Å². The Morgan fingerprint density at radius 2 is 1.72 bits per heavy atom. The van der Waals surface area contributed by atoms with Crippen molar-refractivity contribution in [1.29, 1.82) is 0 Å². The van der Waals surface area contributed by atoms with Crippen LogP contribution in [-0.2, 0) is 11.8 Å².